The number of alkyl halides is 3. The van der Waals surface area contributed by atoms with E-state index in [-0.39, 0.29) is 16.9 Å². The largest absolute Gasteiger partial charge is 0.463 e. The van der Waals surface area contributed by atoms with E-state index < -0.39 is 28.0 Å². The van der Waals surface area contributed by atoms with Gasteiger partial charge in [0.05, 0.1) is 21.4 Å². The van der Waals surface area contributed by atoms with Crippen LogP contribution in [0.15, 0.2) is 88.4 Å². The summed E-state index contributed by atoms with van der Waals surface area (Å²) in [6.45, 7) is 1.92. The molecule has 0 spiro atoms. The van der Waals surface area contributed by atoms with Crippen LogP contribution in [0.2, 0.25) is 0 Å². The molecule has 1 aliphatic rings. The zero-order valence-electron chi connectivity index (χ0n) is 22.0. The van der Waals surface area contributed by atoms with E-state index in [1.807, 2.05) is 0 Å². The molecule has 0 aliphatic carbocycles. The average Bonchev–Trinajstić information content (AvgIpc) is 3.34. The molecular formula is C30H23F3N4O5. The van der Waals surface area contributed by atoms with Crippen LogP contribution in [0.5, 0.6) is 0 Å². The molecule has 0 N–H and O–H groups in total. The SMILES string of the molecule is O=C(c1coc2ccccc2c1=O)N1CCN(Cc2cn(-c3cccc(C(F)(F)F)c3)c3ccc([N+](=O)[O-])cc23)CC1. The Bertz CT molecular complexity index is 1910. The van der Waals surface area contributed by atoms with Gasteiger partial charge in [-0.1, -0.05) is 18.2 Å². The van der Waals surface area contributed by atoms with Crippen LogP contribution >= 0.6 is 0 Å². The number of nitro groups is 1. The molecule has 214 valence electrons. The fourth-order valence-electron chi connectivity index (χ4n) is 5.32. The minimum atomic E-state index is -4.52. The Kier molecular flexibility index (Phi) is 6.77. The van der Waals surface area contributed by atoms with E-state index in [0.29, 0.717) is 60.2 Å². The third-order valence-electron chi connectivity index (χ3n) is 7.50. The van der Waals surface area contributed by atoms with Gasteiger partial charge in [-0.25, -0.2) is 0 Å². The Hall–Kier alpha value is -4.97. The predicted molar refractivity (Wildman–Crippen MR) is 149 cm³/mol. The van der Waals surface area contributed by atoms with Crippen molar-refractivity contribution in [3.8, 4) is 5.69 Å². The maximum atomic E-state index is 13.4. The summed E-state index contributed by atoms with van der Waals surface area (Å²) in [5.41, 5.74) is 0.536. The lowest BCUT2D eigenvalue weighted by molar-refractivity contribution is -0.384. The molecule has 2 aromatic heterocycles. The Balaban J connectivity index is 1.25. The van der Waals surface area contributed by atoms with Crippen LogP contribution in [0.4, 0.5) is 18.9 Å². The van der Waals surface area contributed by atoms with E-state index in [4.69, 9.17) is 4.42 Å². The summed E-state index contributed by atoms with van der Waals surface area (Å²) in [6.07, 6.45) is -1.64. The number of nitro benzene ring substituents is 1. The zero-order chi connectivity index (χ0) is 29.6. The Morgan fingerprint density at radius 2 is 1.71 bits per heavy atom. The first-order chi connectivity index (χ1) is 20.1. The molecule has 3 heterocycles. The highest BCUT2D eigenvalue weighted by Gasteiger charge is 2.31. The lowest BCUT2D eigenvalue weighted by Crippen LogP contribution is -2.49. The molecule has 1 aliphatic heterocycles. The number of piperazine rings is 1. The highest BCUT2D eigenvalue weighted by atomic mass is 19.4. The van der Waals surface area contributed by atoms with Crippen molar-refractivity contribution in [2.75, 3.05) is 26.2 Å². The summed E-state index contributed by atoms with van der Waals surface area (Å²) in [7, 11) is 0. The van der Waals surface area contributed by atoms with Crippen LogP contribution in [0, 0.1) is 10.1 Å². The van der Waals surface area contributed by atoms with Gasteiger partial charge >= 0.3 is 6.18 Å². The first kappa shape index (κ1) is 27.2. The van der Waals surface area contributed by atoms with E-state index in [1.54, 1.807) is 46.0 Å². The van der Waals surface area contributed by atoms with Gasteiger partial charge in [0, 0.05) is 62.1 Å². The molecule has 42 heavy (non-hydrogen) atoms. The topological polar surface area (TPSA) is 102 Å². The predicted octanol–water partition coefficient (Wildman–Crippen LogP) is 5.62. The summed E-state index contributed by atoms with van der Waals surface area (Å²) in [5, 5.41) is 12.4. The summed E-state index contributed by atoms with van der Waals surface area (Å²) in [4.78, 5) is 40.6. The highest BCUT2D eigenvalue weighted by molar-refractivity contribution is 5.96. The Morgan fingerprint density at radius 3 is 2.45 bits per heavy atom. The number of non-ortho nitro benzene ring substituents is 1. The maximum Gasteiger partial charge on any atom is 0.416 e. The lowest BCUT2D eigenvalue weighted by Gasteiger charge is -2.34. The van der Waals surface area contributed by atoms with Gasteiger partial charge in [-0.3, -0.25) is 24.6 Å². The molecule has 1 saturated heterocycles. The van der Waals surface area contributed by atoms with Crippen LogP contribution < -0.4 is 5.43 Å². The molecule has 0 radical (unpaired) electrons. The summed E-state index contributed by atoms with van der Waals surface area (Å²) < 4.78 is 47.3. The van der Waals surface area contributed by atoms with Crippen molar-refractivity contribution in [1.29, 1.82) is 0 Å². The number of rotatable bonds is 5. The maximum absolute atomic E-state index is 13.4. The summed E-state index contributed by atoms with van der Waals surface area (Å²) in [5.74, 6) is -0.425. The van der Waals surface area contributed by atoms with Crippen molar-refractivity contribution in [3.63, 3.8) is 0 Å². The van der Waals surface area contributed by atoms with Gasteiger partial charge in [0.15, 0.2) is 0 Å². The van der Waals surface area contributed by atoms with Gasteiger partial charge in [0.25, 0.3) is 11.6 Å². The number of hydrogen-bond acceptors (Lipinski definition) is 6. The van der Waals surface area contributed by atoms with Gasteiger partial charge in [-0.15, -0.1) is 0 Å². The van der Waals surface area contributed by atoms with Gasteiger partial charge in [-0.2, -0.15) is 13.2 Å². The van der Waals surface area contributed by atoms with Crippen molar-refractivity contribution >= 4 is 33.5 Å². The third-order valence-corrected chi connectivity index (χ3v) is 7.50. The zero-order valence-corrected chi connectivity index (χ0v) is 22.0. The molecule has 0 atom stereocenters. The van der Waals surface area contributed by atoms with Crippen molar-refractivity contribution in [2.45, 2.75) is 12.7 Å². The van der Waals surface area contributed by atoms with Crippen LogP contribution in [-0.2, 0) is 12.7 Å². The molecule has 1 fully saturated rings. The smallest absolute Gasteiger partial charge is 0.416 e. The van der Waals surface area contributed by atoms with Crippen molar-refractivity contribution in [1.82, 2.24) is 14.4 Å². The molecule has 1 amide bonds. The molecule has 12 heteroatoms. The lowest BCUT2D eigenvalue weighted by atomic mass is 10.1. The number of para-hydroxylation sites is 1. The molecule has 0 unspecified atom stereocenters. The number of nitrogens with zero attached hydrogens (tertiary/aromatic N) is 4. The minimum Gasteiger partial charge on any atom is -0.463 e. The molecule has 5 aromatic rings. The van der Waals surface area contributed by atoms with Crippen LogP contribution in [0.1, 0.15) is 21.5 Å². The molecule has 3 aromatic carbocycles. The number of hydrogen-bond donors (Lipinski definition) is 0. The standard InChI is InChI=1S/C30H23F3N4O5/c31-30(32,33)20-4-3-5-21(14-20)36-17-19(24-15-22(37(40)41)8-9-26(24)36)16-34-10-12-35(13-11-34)29(39)25-18-42-27-7-2-1-6-23(27)28(25)38/h1-9,14-15,17-18H,10-13,16H2. The number of benzene rings is 3. The number of halogens is 3. The third kappa shape index (κ3) is 5.00. The van der Waals surface area contributed by atoms with E-state index in [9.17, 15) is 32.9 Å². The second-order valence-electron chi connectivity index (χ2n) is 10.1. The quantitative estimate of drug-likeness (QED) is 0.199. The molecule has 0 bridgehead atoms. The van der Waals surface area contributed by atoms with E-state index >= 15 is 0 Å². The second-order valence-corrected chi connectivity index (χ2v) is 10.1. The first-order valence-corrected chi connectivity index (χ1v) is 13.1. The molecule has 0 saturated carbocycles. The normalized spacial score (nSPS) is 14.5. The van der Waals surface area contributed by atoms with Crippen LogP contribution in [-0.4, -0.2) is 51.4 Å². The Labute approximate surface area is 236 Å². The van der Waals surface area contributed by atoms with Gasteiger partial charge in [-0.05, 0) is 42.0 Å². The van der Waals surface area contributed by atoms with Crippen LogP contribution in [0.25, 0.3) is 27.6 Å². The number of carbonyl (C=O) groups excluding carboxylic acids is 1. The van der Waals surface area contributed by atoms with E-state index in [1.165, 1.54) is 30.5 Å². The number of carbonyl (C=O) groups is 1. The van der Waals surface area contributed by atoms with Gasteiger partial charge < -0.3 is 13.9 Å². The summed E-state index contributed by atoms with van der Waals surface area (Å²) >= 11 is 0. The van der Waals surface area contributed by atoms with E-state index in [0.717, 1.165) is 12.1 Å². The average molecular weight is 577 g/mol. The number of amides is 1. The van der Waals surface area contributed by atoms with E-state index in [2.05, 4.69) is 4.90 Å². The van der Waals surface area contributed by atoms with Crippen LogP contribution in [0.3, 0.4) is 0 Å². The monoisotopic (exact) mass is 576 g/mol. The minimum absolute atomic E-state index is 0.0429. The van der Waals surface area contributed by atoms with Gasteiger partial charge in [0.2, 0.25) is 5.43 Å². The van der Waals surface area contributed by atoms with Crippen molar-refractivity contribution < 1.29 is 27.3 Å². The highest BCUT2D eigenvalue weighted by Crippen LogP contribution is 2.33. The molecular weight excluding hydrogens is 553 g/mol. The second kappa shape index (κ2) is 10.5. The fourth-order valence-corrected chi connectivity index (χ4v) is 5.32. The summed E-state index contributed by atoms with van der Waals surface area (Å²) in [6, 6.07) is 15.9. The Morgan fingerprint density at radius 1 is 0.952 bits per heavy atom. The van der Waals surface area contributed by atoms with Crippen molar-refractivity contribution in [3.05, 3.63) is 116 Å². The number of aromatic nitrogens is 1. The van der Waals surface area contributed by atoms with Crippen molar-refractivity contribution in [2.24, 2.45) is 0 Å². The molecule has 6 rings (SSSR count). The molecule has 9 nitrogen and oxygen atoms in total. The van der Waals surface area contributed by atoms with Gasteiger partial charge in [0.1, 0.15) is 17.4 Å². The fraction of sp³-hybridized carbons (Fsp3) is 0.200. The first-order valence-electron chi connectivity index (χ1n) is 13.1. The number of fused-ring (bicyclic) bond motifs is 2.